The lowest BCUT2D eigenvalue weighted by Crippen LogP contribution is -2.32. The number of nitrogens with one attached hydrogen (secondary N) is 1. The van der Waals surface area contributed by atoms with Gasteiger partial charge in [-0.15, -0.1) is 0 Å². The van der Waals surface area contributed by atoms with Gasteiger partial charge in [0.1, 0.15) is 5.82 Å². The Kier molecular flexibility index (Phi) is 4.74. The van der Waals surface area contributed by atoms with Gasteiger partial charge in [-0.2, -0.15) is 0 Å². The number of carbonyl (C=O) groups is 1. The van der Waals surface area contributed by atoms with E-state index in [1.807, 2.05) is 0 Å². The van der Waals surface area contributed by atoms with Gasteiger partial charge in [0, 0.05) is 6.20 Å². The highest BCUT2D eigenvalue weighted by atomic mass is 16.5. The second-order valence-corrected chi connectivity index (χ2v) is 4.88. The van der Waals surface area contributed by atoms with Crippen molar-refractivity contribution in [3.05, 3.63) is 23.9 Å². The van der Waals surface area contributed by atoms with Crippen LogP contribution in [-0.2, 0) is 4.74 Å². The molecule has 19 heavy (non-hydrogen) atoms. The van der Waals surface area contributed by atoms with Crippen molar-refractivity contribution < 1.29 is 14.6 Å². The smallest absolute Gasteiger partial charge is 0.338 e. The molecule has 0 spiro atoms. The zero-order valence-corrected chi connectivity index (χ0v) is 11.1. The van der Waals surface area contributed by atoms with Gasteiger partial charge >= 0.3 is 5.97 Å². The van der Waals surface area contributed by atoms with Crippen LogP contribution < -0.4 is 5.32 Å². The second kappa shape index (κ2) is 6.52. The maximum atomic E-state index is 11.5. The quantitative estimate of drug-likeness (QED) is 0.645. The highest BCUT2D eigenvalue weighted by molar-refractivity contribution is 5.89. The first kappa shape index (κ1) is 13.8. The highest BCUT2D eigenvalue weighted by Crippen LogP contribution is 2.21. The van der Waals surface area contributed by atoms with Gasteiger partial charge in [0.25, 0.3) is 0 Å². The summed E-state index contributed by atoms with van der Waals surface area (Å²) in [4.78, 5) is 15.6. The number of nitrogens with zero attached hydrogens (tertiary/aromatic N) is 1. The van der Waals surface area contributed by atoms with Crippen molar-refractivity contribution in [1.29, 1.82) is 0 Å². The van der Waals surface area contributed by atoms with E-state index in [0.29, 0.717) is 11.4 Å². The minimum Gasteiger partial charge on any atom is -0.465 e. The Hall–Kier alpha value is -1.62. The molecule has 1 aliphatic rings. The van der Waals surface area contributed by atoms with Crippen LogP contribution in [0, 0.1) is 0 Å². The molecule has 1 aliphatic carbocycles. The Labute approximate surface area is 113 Å². The molecule has 2 N–H and O–H groups in total. The summed E-state index contributed by atoms with van der Waals surface area (Å²) in [5.74, 6) is 0.223. The van der Waals surface area contributed by atoms with Crippen LogP contribution >= 0.6 is 0 Å². The van der Waals surface area contributed by atoms with Gasteiger partial charge in [-0.1, -0.05) is 19.3 Å². The van der Waals surface area contributed by atoms with Gasteiger partial charge in [0.15, 0.2) is 0 Å². The number of anilines is 1. The molecule has 5 nitrogen and oxygen atoms in total. The van der Waals surface area contributed by atoms with Crippen LogP contribution in [0.1, 0.15) is 42.5 Å². The summed E-state index contributed by atoms with van der Waals surface area (Å²) in [6, 6.07) is 3.27. The fraction of sp³-hybridized carbons (Fsp3) is 0.571. The maximum Gasteiger partial charge on any atom is 0.338 e. The molecule has 0 aliphatic heterocycles. The number of methoxy groups -OCH3 is 1. The molecule has 1 fully saturated rings. The van der Waals surface area contributed by atoms with E-state index in [-0.39, 0.29) is 18.1 Å². The summed E-state index contributed by atoms with van der Waals surface area (Å²) < 4.78 is 4.68. The molecule has 5 heteroatoms. The number of carbonyl (C=O) groups excluding carboxylic acids is 1. The third kappa shape index (κ3) is 3.67. The van der Waals surface area contributed by atoms with Crippen LogP contribution in [0.2, 0.25) is 0 Å². The van der Waals surface area contributed by atoms with E-state index in [2.05, 4.69) is 15.0 Å². The number of ether oxygens (including phenoxy) is 1. The minimum absolute atomic E-state index is 0.00268. The standard InChI is InChI=1S/C14H20N2O3/c1-19-14(18)10-7-8-15-13(9-10)16-11-5-3-2-4-6-12(11)17/h7-9,11-12,17H,2-6H2,1H3,(H,15,16). The Morgan fingerprint density at radius 1 is 1.42 bits per heavy atom. The molecule has 1 heterocycles. The summed E-state index contributed by atoms with van der Waals surface area (Å²) in [6.45, 7) is 0. The normalized spacial score (nSPS) is 23.5. The molecular weight excluding hydrogens is 244 g/mol. The first-order valence-corrected chi connectivity index (χ1v) is 6.69. The maximum absolute atomic E-state index is 11.5. The predicted octanol–water partition coefficient (Wildman–Crippen LogP) is 1.97. The lowest BCUT2D eigenvalue weighted by molar-refractivity contribution is 0.0600. The number of hydrogen-bond acceptors (Lipinski definition) is 5. The van der Waals surface area contributed by atoms with Crippen LogP contribution in [0.5, 0.6) is 0 Å². The van der Waals surface area contributed by atoms with Crippen LogP contribution in [0.15, 0.2) is 18.3 Å². The Morgan fingerprint density at radius 2 is 2.21 bits per heavy atom. The Balaban J connectivity index is 2.07. The number of aliphatic hydroxyl groups is 1. The predicted molar refractivity (Wildman–Crippen MR) is 72.1 cm³/mol. The zero-order valence-electron chi connectivity index (χ0n) is 11.1. The average Bonchev–Trinajstić information content (AvgIpc) is 2.64. The molecule has 0 radical (unpaired) electrons. The molecule has 1 aromatic rings. The number of pyridine rings is 1. The molecule has 0 aromatic carbocycles. The van der Waals surface area contributed by atoms with Crippen LogP contribution in [-0.4, -0.2) is 35.3 Å². The van der Waals surface area contributed by atoms with Crippen molar-refractivity contribution in [2.24, 2.45) is 0 Å². The van der Waals surface area contributed by atoms with Crippen molar-refractivity contribution in [1.82, 2.24) is 4.98 Å². The SMILES string of the molecule is COC(=O)c1ccnc(NC2CCCCCC2O)c1. The van der Waals surface area contributed by atoms with Gasteiger partial charge in [0.2, 0.25) is 0 Å². The second-order valence-electron chi connectivity index (χ2n) is 4.88. The third-order valence-corrected chi connectivity index (χ3v) is 3.49. The van der Waals surface area contributed by atoms with Gasteiger partial charge in [-0.05, 0) is 25.0 Å². The third-order valence-electron chi connectivity index (χ3n) is 3.49. The summed E-state index contributed by atoms with van der Waals surface area (Å²) in [6.07, 6.45) is 6.27. The van der Waals surface area contributed by atoms with Crippen LogP contribution in [0.4, 0.5) is 5.82 Å². The van der Waals surface area contributed by atoms with E-state index in [1.165, 1.54) is 7.11 Å². The first-order chi connectivity index (χ1) is 9.20. The molecule has 0 bridgehead atoms. The van der Waals surface area contributed by atoms with Crippen molar-refractivity contribution >= 4 is 11.8 Å². The average molecular weight is 264 g/mol. The Bertz CT molecular complexity index is 436. The molecule has 2 rings (SSSR count). The number of hydrogen-bond donors (Lipinski definition) is 2. The number of aliphatic hydroxyl groups excluding tert-OH is 1. The number of aromatic nitrogens is 1. The van der Waals surface area contributed by atoms with E-state index in [1.54, 1.807) is 18.3 Å². The van der Waals surface area contributed by atoms with E-state index in [0.717, 1.165) is 32.1 Å². The van der Waals surface area contributed by atoms with Crippen molar-refractivity contribution in [3.63, 3.8) is 0 Å². The van der Waals surface area contributed by atoms with Gasteiger partial charge < -0.3 is 15.2 Å². The lowest BCUT2D eigenvalue weighted by atomic mass is 10.1. The largest absolute Gasteiger partial charge is 0.465 e. The van der Waals surface area contributed by atoms with Gasteiger partial charge in [-0.3, -0.25) is 0 Å². The fourth-order valence-electron chi connectivity index (χ4n) is 2.40. The molecule has 0 saturated heterocycles. The van der Waals surface area contributed by atoms with E-state index in [9.17, 15) is 9.90 Å². The van der Waals surface area contributed by atoms with E-state index >= 15 is 0 Å². The van der Waals surface area contributed by atoms with Crippen molar-refractivity contribution in [2.45, 2.75) is 44.2 Å². The summed E-state index contributed by atoms with van der Waals surface area (Å²) in [5.41, 5.74) is 0.461. The summed E-state index contributed by atoms with van der Waals surface area (Å²) >= 11 is 0. The zero-order chi connectivity index (χ0) is 13.7. The molecule has 2 atom stereocenters. The van der Waals surface area contributed by atoms with Gasteiger partial charge in [0.05, 0.1) is 24.8 Å². The van der Waals surface area contributed by atoms with Crippen LogP contribution in [0.3, 0.4) is 0 Å². The molecule has 1 saturated carbocycles. The summed E-state index contributed by atoms with van der Waals surface area (Å²) in [5, 5.41) is 13.3. The van der Waals surface area contributed by atoms with Gasteiger partial charge in [-0.25, -0.2) is 9.78 Å². The molecule has 1 aromatic heterocycles. The first-order valence-electron chi connectivity index (χ1n) is 6.69. The Morgan fingerprint density at radius 3 is 3.00 bits per heavy atom. The molecule has 0 amide bonds. The number of esters is 1. The fourth-order valence-corrected chi connectivity index (χ4v) is 2.40. The van der Waals surface area contributed by atoms with Crippen LogP contribution in [0.25, 0.3) is 0 Å². The van der Waals surface area contributed by atoms with Crippen molar-refractivity contribution in [2.75, 3.05) is 12.4 Å². The highest BCUT2D eigenvalue weighted by Gasteiger charge is 2.21. The molecule has 104 valence electrons. The summed E-state index contributed by atoms with van der Waals surface area (Å²) in [7, 11) is 1.35. The molecule has 2 unspecified atom stereocenters. The van der Waals surface area contributed by atoms with E-state index in [4.69, 9.17) is 0 Å². The minimum atomic E-state index is -0.383. The topological polar surface area (TPSA) is 71.5 Å². The monoisotopic (exact) mass is 264 g/mol. The van der Waals surface area contributed by atoms with E-state index < -0.39 is 0 Å². The number of rotatable bonds is 3. The molecular formula is C14H20N2O3. The van der Waals surface area contributed by atoms with Crippen molar-refractivity contribution in [3.8, 4) is 0 Å². The lowest BCUT2D eigenvalue weighted by Gasteiger charge is -2.22.